The van der Waals surface area contributed by atoms with Gasteiger partial charge in [-0.1, -0.05) is 29.5 Å². The fourth-order valence-corrected chi connectivity index (χ4v) is 5.25. The van der Waals surface area contributed by atoms with Crippen LogP contribution < -0.4 is 10.1 Å². The number of ether oxygens (including phenoxy) is 1. The van der Waals surface area contributed by atoms with Crippen LogP contribution in [0.2, 0.25) is 0 Å². The van der Waals surface area contributed by atoms with Crippen molar-refractivity contribution in [2.75, 3.05) is 18.7 Å². The van der Waals surface area contributed by atoms with Crippen LogP contribution in [-0.2, 0) is 9.84 Å². The highest BCUT2D eigenvalue weighted by atomic mass is 32.2. The number of carbonyl (C=O) groups excluding carboxylic acids is 1. The first kappa shape index (κ1) is 22.0. The fraction of sp³-hybridized carbons (Fsp3) is 0.0800. The van der Waals surface area contributed by atoms with Gasteiger partial charge in [0.2, 0.25) is 0 Å². The van der Waals surface area contributed by atoms with Crippen molar-refractivity contribution in [1.29, 1.82) is 0 Å². The molecule has 170 valence electrons. The zero-order chi connectivity index (χ0) is 23.9. The second kappa shape index (κ2) is 8.51. The lowest BCUT2D eigenvalue weighted by Gasteiger charge is -2.10. The van der Waals surface area contributed by atoms with Gasteiger partial charge in [-0.25, -0.2) is 18.4 Å². The van der Waals surface area contributed by atoms with Crippen LogP contribution in [0, 0.1) is 0 Å². The second-order valence-corrected chi connectivity index (χ2v) is 10.7. The molecule has 0 saturated carbocycles. The number of pyridine rings is 1. The number of para-hydroxylation sites is 1. The Bertz CT molecular complexity index is 1660. The fourth-order valence-electron chi connectivity index (χ4n) is 3.63. The number of nitrogens with zero attached hydrogens (tertiary/aromatic N) is 2. The quantitative estimate of drug-likeness (QED) is 0.365. The number of thiazole rings is 1. The summed E-state index contributed by atoms with van der Waals surface area (Å²) in [7, 11) is -1.73. The van der Waals surface area contributed by atoms with Crippen LogP contribution in [0.25, 0.3) is 32.4 Å². The van der Waals surface area contributed by atoms with Crippen molar-refractivity contribution in [2.45, 2.75) is 4.90 Å². The highest BCUT2D eigenvalue weighted by Crippen LogP contribution is 2.30. The van der Waals surface area contributed by atoms with Crippen LogP contribution in [0.4, 0.5) is 5.13 Å². The molecule has 0 aliphatic carbocycles. The molecule has 0 fully saturated rings. The average molecular weight is 490 g/mol. The minimum Gasteiger partial charge on any atom is -0.497 e. The maximum absolute atomic E-state index is 13.3. The number of anilines is 1. The van der Waals surface area contributed by atoms with Crippen molar-refractivity contribution in [3.63, 3.8) is 0 Å². The first-order valence-electron chi connectivity index (χ1n) is 10.3. The van der Waals surface area contributed by atoms with Gasteiger partial charge >= 0.3 is 0 Å². The Morgan fingerprint density at radius 2 is 1.71 bits per heavy atom. The molecule has 1 N–H and O–H groups in total. The van der Waals surface area contributed by atoms with Gasteiger partial charge in [0, 0.05) is 17.2 Å². The van der Waals surface area contributed by atoms with E-state index in [2.05, 4.69) is 10.3 Å². The molecule has 0 bridgehead atoms. The van der Waals surface area contributed by atoms with Gasteiger partial charge in [-0.2, -0.15) is 0 Å². The predicted molar refractivity (Wildman–Crippen MR) is 134 cm³/mol. The first-order chi connectivity index (χ1) is 16.3. The number of rotatable bonds is 5. The Labute approximate surface area is 200 Å². The van der Waals surface area contributed by atoms with Crippen molar-refractivity contribution >= 4 is 53.3 Å². The maximum atomic E-state index is 13.3. The van der Waals surface area contributed by atoms with Crippen LogP contribution in [0.15, 0.2) is 77.7 Å². The average Bonchev–Trinajstić information content (AvgIpc) is 3.24. The molecule has 0 unspecified atom stereocenters. The minimum atomic E-state index is -3.33. The number of benzene rings is 3. The Morgan fingerprint density at radius 1 is 0.941 bits per heavy atom. The smallest absolute Gasteiger partial charge is 0.258 e. The zero-order valence-electron chi connectivity index (χ0n) is 18.3. The number of hydrogen-bond acceptors (Lipinski definition) is 7. The molecule has 7 nitrogen and oxygen atoms in total. The second-order valence-electron chi connectivity index (χ2n) is 7.68. The van der Waals surface area contributed by atoms with E-state index >= 15 is 0 Å². The molecule has 3 aromatic carbocycles. The zero-order valence-corrected chi connectivity index (χ0v) is 19.9. The van der Waals surface area contributed by atoms with Gasteiger partial charge < -0.3 is 4.74 Å². The summed E-state index contributed by atoms with van der Waals surface area (Å²) < 4.78 is 29.6. The predicted octanol–water partition coefficient (Wildman–Crippen LogP) is 5.18. The Hall–Kier alpha value is -3.82. The third-order valence-corrected chi connectivity index (χ3v) is 7.40. The van der Waals surface area contributed by atoms with E-state index in [4.69, 9.17) is 9.72 Å². The highest BCUT2D eigenvalue weighted by molar-refractivity contribution is 7.90. The number of hydrogen-bond donors (Lipinski definition) is 1. The molecule has 1 amide bonds. The van der Waals surface area contributed by atoms with Crippen LogP contribution in [0.3, 0.4) is 0 Å². The molecule has 5 aromatic rings. The van der Waals surface area contributed by atoms with E-state index in [0.29, 0.717) is 32.1 Å². The van der Waals surface area contributed by atoms with E-state index < -0.39 is 9.84 Å². The summed E-state index contributed by atoms with van der Waals surface area (Å²) in [5.41, 5.74) is 3.30. The van der Waals surface area contributed by atoms with E-state index in [9.17, 15) is 13.2 Å². The molecule has 0 atom stereocenters. The maximum Gasteiger partial charge on any atom is 0.258 e. The van der Waals surface area contributed by atoms with Gasteiger partial charge in [0.1, 0.15) is 5.75 Å². The van der Waals surface area contributed by atoms with Crippen molar-refractivity contribution in [3.8, 4) is 17.0 Å². The summed E-state index contributed by atoms with van der Waals surface area (Å²) in [5.74, 6) is 0.410. The van der Waals surface area contributed by atoms with Crippen LogP contribution in [0.1, 0.15) is 10.4 Å². The monoisotopic (exact) mass is 489 g/mol. The van der Waals surface area contributed by atoms with E-state index in [-0.39, 0.29) is 10.8 Å². The molecule has 0 saturated heterocycles. The number of aromatic nitrogens is 2. The molecule has 2 heterocycles. The van der Waals surface area contributed by atoms with Crippen LogP contribution >= 0.6 is 11.3 Å². The number of nitrogens with one attached hydrogen (secondary N) is 1. The van der Waals surface area contributed by atoms with E-state index in [1.54, 1.807) is 25.3 Å². The van der Waals surface area contributed by atoms with Crippen molar-refractivity contribution in [1.82, 2.24) is 9.97 Å². The molecular formula is C25H19N3O4S2. The van der Waals surface area contributed by atoms with E-state index in [0.717, 1.165) is 23.0 Å². The number of methoxy groups -OCH3 is 1. The molecule has 0 aliphatic heterocycles. The van der Waals surface area contributed by atoms with Crippen molar-refractivity contribution < 1.29 is 17.9 Å². The summed E-state index contributed by atoms with van der Waals surface area (Å²) in [6.07, 6.45) is 1.16. The largest absolute Gasteiger partial charge is 0.497 e. The van der Waals surface area contributed by atoms with E-state index in [1.807, 2.05) is 48.5 Å². The topological polar surface area (TPSA) is 98.2 Å². The summed E-state index contributed by atoms with van der Waals surface area (Å²) >= 11 is 1.22. The molecular weight excluding hydrogens is 470 g/mol. The van der Waals surface area contributed by atoms with E-state index in [1.165, 1.54) is 17.4 Å². The third kappa shape index (κ3) is 4.23. The number of sulfone groups is 1. The first-order valence-corrected chi connectivity index (χ1v) is 13.0. The summed E-state index contributed by atoms with van der Waals surface area (Å²) in [6, 6.07) is 21.4. The molecule has 0 aliphatic rings. The van der Waals surface area contributed by atoms with Gasteiger partial charge in [-0.3, -0.25) is 10.1 Å². The molecule has 0 radical (unpaired) electrons. The molecule has 2 aromatic heterocycles. The van der Waals surface area contributed by atoms with Gasteiger partial charge in [0.05, 0.1) is 39.0 Å². The highest BCUT2D eigenvalue weighted by Gasteiger charge is 2.17. The lowest BCUT2D eigenvalue weighted by molar-refractivity contribution is 0.102. The van der Waals surface area contributed by atoms with Crippen molar-refractivity contribution in [2.24, 2.45) is 0 Å². The lowest BCUT2D eigenvalue weighted by atomic mass is 10.0. The Morgan fingerprint density at radius 3 is 2.44 bits per heavy atom. The van der Waals surface area contributed by atoms with Crippen LogP contribution in [-0.4, -0.2) is 37.7 Å². The molecule has 9 heteroatoms. The SMILES string of the molecule is COc1ccc(-c2cc(C(=O)Nc3nc4ccc(S(C)(=O)=O)cc4s3)c3ccccc3n2)cc1. The third-order valence-electron chi connectivity index (χ3n) is 5.36. The normalized spacial score (nSPS) is 11.6. The standard InChI is InChI=1S/C25H19N3O4S2/c1-32-16-9-7-15(8-10-16)22-14-19(18-5-3-4-6-20(18)26-22)24(29)28-25-27-21-12-11-17(34(2,30)31)13-23(21)33-25/h3-14H,1-2H3,(H,27,28,29). The van der Waals surface area contributed by atoms with Gasteiger partial charge in [0.15, 0.2) is 15.0 Å². The van der Waals surface area contributed by atoms with Gasteiger partial charge in [-0.05, 0) is 54.6 Å². The number of amides is 1. The van der Waals surface area contributed by atoms with Gasteiger partial charge in [-0.15, -0.1) is 0 Å². The summed E-state index contributed by atoms with van der Waals surface area (Å²) in [6.45, 7) is 0. The Balaban J connectivity index is 1.53. The lowest BCUT2D eigenvalue weighted by Crippen LogP contribution is -2.13. The molecule has 0 spiro atoms. The van der Waals surface area contributed by atoms with Crippen LogP contribution in [0.5, 0.6) is 5.75 Å². The van der Waals surface area contributed by atoms with Gasteiger partial charge in [0.25, 0.3) is 5.91 Å². The Kier molecular flexibility index (Phi) is 5.51. The summed E-state index contributed by atoms with van der Waals surface area (Å²) in [4.78, 5) is 22.7. The molecule has 34 heavy (non-hydrogen) atoms. The minimum absolute atomic E-state index is 0.214. The molecule has 5 rings (SSSR count). The number of carbonyl (C=O) groups is 1. The number of fused-ring (bicyclic) bond motifs is 2. The summed E-state index contributed by atoms with van der Waals surface area (Å²) in [5, 5.41) is 3.97. The van der Waals surface area contributed by atoms with Crippen molar-refractivity contribution in [3.05, 3.63) is 78.4 Å².